The molecule has 2 aromatic carbocycles. The van der Waals surface area contributed by atoms with Crippen molar-refractivity contribution in [1.82, 2.24) is 0 Å². The minimum Gasteiger partial charge on any atom is -0.480 e. The molecule has 1 unspecified atom stereocenters. The number of nitrogens with zero attached hydrogens (tertiary/aromatic N) is 1. The molecule has 0 aliphatic carbocycles. The van der Waals surface area contributed by atoms with Crippen molar-refractivity contribution >= 4 is 28.9 Å². The molecule has 1 atom stereocenters. The average Bonchev–Trinajstić information content (AvgIpc) is 2.91. The number of nitrogens with one attached hydrogen (secondary N) is 1. The van der Waals surface area contributed by atoms with Crippen molar-refractivity contribution in [2.45, 2.75) is 12.5 Å². The van der Waals surface area contributed by atoms with Gasteiger partial charge in [0.25, 0.3) is 5.91 Å². The number of rotatable bonds is 3. The lowest BCUT2D eigenvalue weighted by atomic mass is 10.1. The number of hydrogen-bond acceptors (Lipinski definition) is 3. The first-order chi connectivity index (χ1) is 10.5. The van der Waals surface area contributed by atoms with Crippen LogP contribution in [0.1, 0.15) is 5.56 Å². The first-order valence-corrected chi connectivity index (χ1v) is 7.44. The van der Waals surface area contributed by atoms with Crippen LogP contribution in [0.2, 0.25) is 5.02 Å². The number of halogens is 1. The molecule has 1 aliphatic heterocycles. The van der Waals surface area contributed by atoms with E-state index < -0.39 is 6.10 Å². The number of carbonyl (C=O) groups is 1. The molecule has 3 rings (SSSR count). The first-order valence-electron chi connectivity index (χ1n) is 7.07. The fourth-order valence-electron chi connectivity index (χ4n) is 2.54. The van der Waals surface area contributed by atoms with E-state index in [4.69, 9.17) is 16.3 Å². The molecule has 1 amide bonds. The quantitative estimate of drug-likeness (QED) is 0.944. The van der Waals surface area contributed by atoms with Crippen molar-refractivity contribution in [3.63, 3.8) is 0 Å². The highest BCUT2D eigenvalue weighted by atomic mass is 35.5. The number of hydrogen-bond donors (Lipinski definition) is 1. The van der Waals surface area contributed by atoms with Gasteiger partial charge in [-0.2, -0.15) is 0 Å². The lowest BCUT2D eigenvalue weighted by molar-refractivity contribution is -0.122. The molecule has 0 fully saturated rings. The van der Waals surface area contributed by atoms with E-state index in [0.717, 1.165) is 17.0 Å². The normalized spacial score (nSPS) is 15.9. The number of carbonyl (C=O) groups excluding carboxylic acids is 1. The van der Waals surface area contributed by atoms with E-state index in [1.165, 1.54) is 0 Å². The maximum Gasteiger partial charge on any atom is 0.265 e. The van der Waals surface area contributed by atoms with E-state index in [-0.39, 0.29) is 5.91 Å². The summed E-state index contributed by atoms with van der Waals surface area (Å²) in [5, 5.41) is 3.50. The van der Waals surface area contributed by atoms with Crippen LogP contribution in [0, 0.1) is 0 Å². The molecule has 5 heteroatoms. The Hall–Kier alpha value is -2.20. The first kappa shape index (κ1) is 14.7. The Kier molecular flexibility index (Phi) is 3.94. The van der Waals surface area contributed by atoms with E-state index in [1.54, 1.807) is 12.1 Å². The summed E-state index contributed by atoms with van der Waals surface area (Å²) in [6, 6.07) is 13.1. The Morgan fingerprint density at radius 1 is 1.27 bits per heavy atom. The molecule has 114 valence electrons. The largest absolute Gasteiger partial charge is 0.480 e. The van der Waals surface area contributed by atoms with Gasteiger partial charge in [0.1, 0.15) is 5.75 Å². The third-order valence-electron chi connectivity index (χ3n) is 3.64. The summed E-state index contributed by atoms with van der Waals surface area (Å²) < 4.78 is 5.71. The average molecular weight is 317 g/mol. The van der Waals surface area contributed by atoms with Gasteiger partial charge in [-0.3, -0.25) is 4.79 Å². The van der Waals surface area contributed by atoms with Gasteiger partial charge in [0.15, 0.2) is 6.10 Å². The maximum absolute atomic E-state index is 12.5. The number of benzene rings is 2. The zero-order valence-electron chi connectivity index (χ0n) is 12.5. The Labute approximate surface area is 134 Å². The smallest absolute Gasteiger partial charge is 0.265 e. The Bertz CT molecular complexity index is 691. The summed E-state index contributed by atoms with van der Waals surface area (Å²) >= 11 is 6.04. The molecule has 0 saturated carbocycles. The lowest BCUT2D eigenvalue weighted by Gasteiger charge is -2.19. The highest BCUT2D eigenvalue weighted by Gasteiger charge is 2.29. The van der Waals surface area contributed by atoms with Crippen LogP contribution < -0.4 is 15.0 Å². The molecule has 2 aromatic rings. The number of anilines is 2. The van der Waals surface area contributed by atoms with Crippen molar-refractivity contribution < 1.29 is 9.53 Å². The fourth-order valence-corrected chi connectivity index (χ4v) is 2.71. The summed E-state index contributed by atoms with van der Waals surface area (Å²) in [7, 11) is 3.83. The Morgan fingerprint density at radius 3 is 2.77 bits per heavy atom. The van der Waals surface area contributed by atoms with Crippen molar-refractivity contribution in [3.8, 4) is 5.75 Å². The van der Waals surface area contributed by atoms with E-state index in [1.807, 2.05) is 49.3 Å². The molecule has 0 aromatic heterocycles. The zero-order valence-corrected chi connectivity index (χ0v) is 13.2. The monoisotopic (exact) mass is 316 g/mol. The van der Waals surface area contributed by atoms with E-state index in [0.29, 0.717) is 17.1 Å². The van der Waals surface area contributed by atoms with Crippen LogP contribution in [-0.4, -0.2) is 26.1 Å². The third-order valence-corrected chi connectivity index (χ3v) is 3.87. The van der Waals surface area contributed by atoms with Crippen LogP contribution in [0.4, 0.5) is 11.4 Å². The van der Waals surface area contributed by atoms with Gasteiger partial charge in [-0.25, -0.2) is 0 Å². The minimum atomic E-state index is -0.508. The van der Waals surface area contributed by atoms with Crippen LogP contribution in [0.15, 0.2) is 42.5 Å². The molecular weight excluding hydrogens is 300 g/mol. The highest BCUT2D eigenvalue weighted by molar-refractivity contribution is 6.31. The molecular formula is C17H17ClN2O2. The van der Waals surface area contributed by atoms with Crippen molar-refractivity contribution in [2.24, 2.45) is 0 Å². The van der Waals surface area contributed by atoms with Crippen molar-refractivity contribution in [2.75, 3.05) is 24.3 Å². The molecule has 0 radical (unpaired) electrons. The van der Waals surface area contributed by atoms with Gasteiger partial charge in [-0.15, -0.1) is 0 Å². The number of para-hydroxylation sites is 1. The summed E-state index contributed by atoms with van der Waals surface area (Å²) in [5.41, 5.74) is 2.64. The fraction of sp³-hybridized carbons (Fsp3) is 0.235. The Morgan fingerprint density at radius 2 is 2.05 bits per heavy atom. The SMILES string of the molecule is CN(C)c1ccc(Cl)cc1NC(=O)C1Cc2ccccc2O1. The van der Waals surface area contributed by atoms with E-state index in [9.17, 15) is 4.79 Å². The van der Waals surface area contributed by atoms with Crippen LogP contribution in [0.3, 0.4) is 0 Å². The predicted molar refractivity (Wildman–Crippen MR) is 89.0 cm³/mol. The molecule has 1 aliphatic rings. The Balaban J connectivity index is 1.77. The van der Waals surface area contributed by atoms with E-state index >= 15 is 0 Å². The lowest BCUT2D eigenvalue weighted by Crippen LogP contribution is -2.32. The maximum atomic E-state index is 12.5. The number of amides is 1. The predicted octanol–water partition coefficient (Wildman–Crippen LogP) is 3.35. The highest BCUT2D eigenvalue weighted by Crippen LogP contribution is 2.31. The molecule has 0 spiro atoms. The van der Waals surface area contributed by atoms with Gasteiger partial charge in [-0.05, 0) is 29.8 Å². The third kappa shape index (κ3) is 2.88. The zero-order chi connectivity index (χ0) is 15.7. The molecule has 0 saturated heterocycles. The van der Waals surface area contributed by atoms with Crippen LogP contribution >= 0.6 is 11.6 Å². The van der Waals surface area contributed by atoms with Gasteiger partial charge < -0.3 is 15.0 Å². The summed E-state index contributed by atoms with van der Waals surface area (Å²) in [6.45, 7) is 0. The molecule has 1 heterocycles. The molecule has 1 N–H and O–H groups in total. The van der Waals surface area contributed by atoms with Gasteiger partial charge >= 0.3 is 0 Å². The van der Waals surface area contributed by atoms with E-state index in [2.05, 4.69) is 5.32 Å². The summed E-state index contributed by atoms with van der Waals surface area (Å²) in [6.07, 6.45) is 0.0752. The second kappa shape index (κ2) is 5.89. The van der Waals surface area contributed by atoms with Crippen molar-refractivity contribution in [3.05, 3.63) is 53.1 Å². The number of fused-ring (bicyclic) bond motifs is 1. The van der Waals surface area contributed by atoms with Gasteiger partial charge in [0, 0.05) is 25.5 Å². The van der Waals surface area contributed by atoms with Crippen molar-refractivity contribution in [1.29, 1.82) is 0 Å². The second-order valence-corrected chi connectivity index (χ2v) is 5.90. The standard InChI is InChI=1S/C17H17ClN2O2/c1-20(2)14-8-7-12(18)10-13(14)19-17(21)16-9-11-5-3-4-6-15(11)22-16/h3-8,10,16H,9H2,1-2H3,(H,19,21). The second-order valence-electron chi connectivity index (χ2n) is 5.46. The topological polar surface area (TPSA) is 41.6 Å². The van der Waals surface area contributed by atoms with Crippen LogP contribution in [0.25, 0.3) is 0 Å². The molecule has 0 bridgehead atoms. The minimum absolute atomic E-state index is 0.165. The van der Waals surface area contributed by atoms with Gasteiger partial charge in [0.2, 0.25) is 0 Å². The van der Waals surface area contributed by atoms with Crippen LogP contribution in [-0.2, 0) is 11.2 Å². The summed E-state index contributed by atoms with van der Waals surface area (Å²) in [4.78, 5) is 14.4. The van der Waals surface area contributed by atoms with Gasteiger partial charge in [-0.1, -0.05) is 29.8 Å². The summed E-state index contributed by atoms with van der Waals surface area (Å²) in [5.74, 6) is 0.614. The number of ether oxygens (including phenoxy) is 1. The molecule has 4 nitrogen and oxygen atoms in total. The van der Waals surface area contributed by atoms with Crippen LogP contribution in [0.5, 0.6) is 5.75 Å². The van der Waals surface area contributed by atoms with Gasteiger partial charge in [0.05, 0.1) is 11.4 Å². The molecule has 22 heavy (non-hydrogen) atoms.